The maximum atomic E-state index is 11.8. The second-order valence-electron chi connectivity index (χ2n) is 4.99. The Labute approximate surface area is 106 Å². The summed E-state index contributed by atoms with van der Waals surface area (Å²) in [7, 11) is 1.79. The molecule has 1 aromatic rings. The van der Waals surface area contributed by atoms with Crippen LogP contribution in [0.5, 0.6) is 0 Å². The van der Waals surface area contributed by atoms with Crippen LogP contribution in [0.2, 0.25) is 0 Å². The van der Waals surface area contributed by atoms with Crippen LogP contribution < -0.4 is 10.2 Å². The highest BCUT2D eigenvalue weighted by molar-refractivity contribution is 5.80. The molecule has 1 N–H and O–H groups in total. The molecule has 18 heavy (non-hydrogen) atoms. The number of anilines is 1. The van der Waals surface area contributed by atoms with E-state index in [9.17, 15) is 4.79 Å². The number of hydrogen-bond donors (Lipinski definition) is 1. The van der Waals surface area contributed by atoms with Gasteiger partial charge in [-0.3, -0.25) is 4.79 Å². The molecule has 6 nitrogen and oxygen atoms in total. The largest absolute Gasteiger partial charge is 0.380 e. The van der Waals surface area contributed by atoms with E-state index in [1.54, 1.807) is 30.4 Å². The molecule has 1 aliphatic rings. The molecule has 0 aromatic carbocycles. The van der Waals surface area contributed by atoms with E-state index in [1.807, 2.05) is 0 Å². The number of rotatable bonds is 5. The van der Waals surface area contributed by atoms with Crippen molar-refractivity contribution in [3.8, 4) is 0 Å². The highest BCUT2D eigenvalue weighted by Gasteiger charge is 2.33. The number of carbonyl (C=O) groups is 1. The molecule has 0 saturated carbocycles. The summed E-state index contributed by atoms with van der Waals surface area (Å²) in [5, 5.41) is 2.91. The van der Waals surface area contributed by atoms with Gasteiger partial charge in [0.05, 0.1) is 19.8 Å². The molecule has 1 saturated heterocycles. The third-order valence-corrected chi connectivity index (χ3v) is 2.89. The first kappa shape index (κ1) is 12.8. The van der Waals surface area contributed by atoms with Gasteiger partial charge in [-0.15, -0.1) is 0 Å². The SMILES string of the molecule is CN(CC(=O)NCC1(C)COC1)c1ncccn1. The van der Waals surface area contributed by atoms with E-state index < -0.39 is 0 Å². The zero-order valence-electron chi connectivity index (χ0n) is 10.7. The van der Waals surface area contributed by atoms with Gasteiger partial charge in [-0.1, -0.05) is 6.92 Å². The molecular weight excluding hydrogens is 232 g/mol. The zero-order valence-corrected chi connectivity index (χ0v) is 10.7. The summed E-state index contributed by atoms with van der Waals surface area (Å²) in [5.41, 5.74) is 0.0947. The maximum absolute atomic E-state index is 11.8. The third kappa shape index (κ3) is 3.16. The van der Waals surface area contributed by atoms with Crippen molar-refractivity contribution in [2.24, 2.45) is 5.41 Å². The molecular formula is C12H18N4O2. The lowest BCUT2D eigenvalue weighted by molar-refractivity contribution is -0.125. The Bertz CT molecular complexity index is 406. The minimum atomic E-state index is -0.0296. The summed E-state index contributed by atoms with van der Waals surface area (Å²) in [5.74, 6) is 0.518. The predicted molar refractivity (Wildman–Crippen MR) is 67.2 cm³/mol. The van der Waals surface area contributed by atoms with Crippen LogP contribution in [0, 0.1) is 5.41 Å². The fraction of sp³-hybridized carbons (Fsp3) is 0.583. The number of amides is 1. The Morgan fingerprint density at radius 1 is 1.50 bits per heavy atom. The zero-order chi connectivity index (χ0) is 13.0. The van der Waals surface area contributed by atoms with E-state index in [0.717, 1.165) is 0 Å². The molecule has 0 aliphatic carbocycles. The molecule has 2 heterocycles. The summed E-state index contributed by atoms with van der Waals surface area (Å²) < 4.78 is 5.14. The summed E-state index contributed by atoms with van der Waals surface area (Å²) in [6.45, 7) is 4.42. The summed E-state index contributed by atoms with van der Waals surface area (Å²) in [6, 6.07) is 1.74. The Morgan fingerprint density at radius 2 is 2.17 bits per heavy atom. The first-order valence-corrected chi connectivity index (χ1v) is 5.92. The second-order valence-corrected chi connectivity index (χ2v) is 4.99. The van der Waals surface area contributed by atoms with Crippen molar-refractivity contribution < 1.29 is 9.53 Å². The molecule has 1 aliphatic heterocycles. The first-order chi connectivity index (χ1) is 8.59. The topological polar surface area (TPSA) is 67.4 Å². The van der Waals surface area contributed by atoms with E-state index in [0.29, 0.717) is 25.7 Å². The minimum Gasteiger partial charge on any atom is -0.380 e. The van der Waals surface area contributed by atoms with Crippen LogP contribution in [0.3, 0.4) is 0 Å². The average molecular weight is 250 g/mol. The number of hydrogen-bond acceptors (Lipinski definition) is 5. The number of aromatic nitrogens is 2. The lowest BCUT2D eigenvalue weighted by Gasteiger charge is -2.38. The average Bonchev–Trinajstić information content (AvgIpc) is 2.35. The van der Waals surface area contributed by atoms with E-state index in [1.165, 1.54) is 0 Å². The van der Waals surface area contributed by atoms with Gasteiger partial charge in [0, 0.05) is 31.4 Å². The molecule has 1 fully saturated rings. The van der Waals surface area contributed by atoms with Crippen LogP contribution in [0.15, 0.2) is 18.5 Å². The van der Waals surface area contributed by atoms with Crippen molar-refractivity contribution in [2.75, 3.05) is 38.3 Å². The second kappa shape index (κ2) is 5.30. The maximum Gasteiger partial charge on any atom is 0.239 e. The van der Waals surface area contributed by atoms with Crippen molar-refractivity contribution in [3.63, 3.8) is 0 Å². The van der Waals surface area contributed by atoms with Crippen LogP contribution in [0.25, 0.3) is 0 Å². The molecule has 0 radical (unpaired) electrons. The predicted octanol–water partition coefficient (Wildman–Crippen LogP) is 0.0655. The monoisotopic (exact) mass is 250 g/mol. The summed E-state index contributed by atoms with van der Waals surface area (Å²) >= 11 is 0. The van der Waals surface area contributed by atoms with Crippen LogP contribution in [0.4, 0.5) is 5.95 Å². The Kier molecular flexibility index (Phi) is 3.76. The van der Waals surface area contributed by atoms with Crippen LogP contribution in [0.1, 0.15) is 6.92 Å². The Morgan fingerprint density at radius 3 is 2.72 bits per heavy atom. The Hall–Kier alpha value is -1.69. The van der Waals surface area contributed by atoms with Crippen molar-refractivity contribution >= 4 is 11.9 Å². The van der Waals surface area contributed by atoms with Gasteiger partial charge >= 0.3 is 0 Å². The fourth-order valence-electron chi connectivity index (χ4n) is 1.69. The number of carbonyl (C=O) groups excluding carboxylic acids is 1. The molecule has 1 aromatic heterocycles. The number of nitrogens with zero attached hydrogens (tertiary/aromatic N) is 3. The Balaban J connectivity index is 1.77. The van der Waals surface area contributed by atoms with E-state index in [4.69, 9.17) is 4.74 Å². The van der Waals surface area contributed by atoms with Gasteiger partial charge < -0.3 is 15.0 Å². The lowest BCUT2D eigenvalue weighted by atomic mass is 9.89. The van der Waals surface area contributed by atoms with Crippen molar-refractivity contribution in [1.82, 2.24) is 15.3 Å². The molecule has 0 spiro atoms. The van der Waals surface area contributed by atoms with Gasteiger partial charge in [0.2, 0.25) is 11.9 Å². The quantitative estimate of drug-likeness (QED) is 0.800. The van der Waals surface area contributed by atoms with Gasteiger partial charge in [-0.25, -0.2) is 9.97 Å². The first-order valence-electron chi connectivity index (χ1n) is 5.92. The highest BCUT2D eigenvalue weighted by Crippen LogP contribution is 2.24. The van der Waals surface area contributed by atoms with Gasteiger partial charge in [0.1, 0.15) is 0 Å². The van der Waals surface area contributed by atoms with Crippen molar-refractivity contribution in [3.05, 3.63) is 18.5 Å². The van der Waals surface area contributed by atoms with E-state index in [-0.39, 0.29) is 17.9 Å². The highest BCUT2D eigenvalue weighted by atomic mass is 16.5. The fourth-order valence-corrected chi connectivity index (χ4v) is 1.69. The van der Waals surface area contributed by atoms with Gasteiger partial charge in [-0.2, -0.15) is 0 Å². The van der Waals surface area contributed by atoms with Gasteiger partial charge in [0.25, 0.3) is 0 Å². The molecule has 2 rings (SSSR count). The minimum absolute atomic E-state index is 0.0296. The summed E-state index contributed by atoms with van der Waals surface area (Å²) in [6.07, 6.45) is 3.31. The van der Waals surface area contributed by atoms with Crippen LogP contribution in [-0.2, 0) is 9.53 Å². The van der Waals surface area contributed by atoms with Gasteiger partial charge in [0.15, 0.2) is 0 Å². The van der Waals surface area contributed by atoms with Crippen molar-refractivity contribution in [1.29, 1.82) is 0 Å². The lowest BCUT2D eigenvalue weighted by Crippen LogP contribution is -2.50. The van der Waals surface area contributed by atoms with Gasteiger partial charge in [-0.05, 0) is 6.07 Å². The van der Waals surface area contributed by atoms with Crippen molar-refractivity contribution in [2.45, 2.75) is 6.92 Å². The standard InChI is InChI=1S/C12H18N4O2/c1-12(8-18-9-12)7-15-10(17)6-16(2)11-13-4-3-5-14-11/h3-5H,6-9H2,1-2H3,(H,15,17). The molecule has 98 valence electrons. The van der Waals surface area contributed by atoms with Crippen LogP contribution >= 0.6 is 0 Å². The molecule has 0 unspecified atom stereocenters. The third-order valence-electron chi connectivity index (χ3n) is 2.89. The smallest absolute Gasteiger partial charge is 0.239 e. The normalized spacial score (nSPS) is 16.8. The van der Waals surface area contributed by atoms with E-state index >= 15 is 0 Å². The number of ether oxygens (including phenoxy) is 1. The number of nitrogens with one attached hydrogen (secondary N) is 1. The molecule has 0 bridgehead atoms. The van der Waals surface area contributed by atoms with Crippen LogP contribution in [-0.4, -0.2) is 49.2 Å². The molecule has 1 amide bonds. The van der Waals surface area contributed by atoms with E-state index in [2.05, 4.69) is 22.2 Å². The summed E-state index contributed by atoms with van der Waals surface area (Å²) in [4.78, 5) is 21.6. The molecule has 0 atom stereocenters. The number of likely N-dealkylation sites (N-methyl/N-ethyl adjacent to an activating group) is 1. The molecule has 6 heteroatoms.